The van der Waals surface area contributed by atoms with Crippen LogP contribution >= 0.6 is 0 Å². The Morgan fingerprint density at radius 2 is 2.07 bits per heavy atom. The highest BCUT2D eigenvalue weighted by Gasteiger charge is 2.39. The maximum atomic E-state index is 11.8. The van der Waals surface area contributed by atoms with Gasteiger partial charge in [-0.2, -0.15) is 18.3 Å². The van der Waals surface area contributed by atoms with Crippen molar-refractivity contribution in [2.45, 2.75) is 6.18 Å². The lowest BCUT2D eigenvalue weighted by Crippen LogP contribution is -2.30. The third kappa shape index (κ3) is 2.45. The third-order valence-electron chi connectivity index (χ3n) is 1.36. The monoisotopic (exact) mass is 223 g/mol. The largest absolute Gasteiger partial charge is 0.476 e. The predicted molar refractivity (Wildman–Crippen MR) is 40.2 cm³/mol. The summed E-state index contributed by atoms with van der Waals surface area (Å²) in [5, 5.41) is 15.0. The quantitative estimate of drug-likeness (QED) is 0.684. The fourth-order valence-electron chi connectivity index (χ4n) is 0.737. The summed E-state index contributed by atoms with van der Waals surface area (Å²) in [5.41, 5.74) is -1.16. The van der Waals surface area contributed by atoms with Crippen LogP contribution in [0.3, 0.4) is 0 Å². The third-order valence-corrected chi connectivity index (χ3v) is 1.36. The van der Waals surface area contributed by atoms with Crippen molar-refractivity contribution < 1.29 is 27.9 Å². The number of amides is 1. The van der Waals surface area contributed by atoms with E-state index in [9.17, 15) is 22.8 Å². The van der Waals surface area contributed by atoms with Crippen molar-refractivity contribution in [3.05, 3.63) is 11.9 Å². The average molecular weight is 223 g/mol. The second-order valence-corrected chi connectivity index (χ2v) is 2.42. The van der Waals surface area contributed by atoms with Gasteiger partial charge in [0.2, 0.25) is 0 Å². The molecule has 0 spiro atoms. The lowest BCUT2D eigenvalue weighted by molar-refractivity contribution is -0.167. The van der Waals surface area contributed by atoms with Crippen molar-refractivity contribution in [1.82, 2.24) is 10.2 Å². The second kappa shape index (κ2) is 3.59. The van der Waals surface area contributed by atoms with Gasteiger partial charge in [0.15, 0.2) is 5.69 Å². The highest BCUT2D eigenvalue weighted by molar-refractivity contribution is 6.00. The molecule has 0 aliphatic rings. The molecule has 6 nitrogen and oxygen atoms in total. The molecular weight excluding hydrogens is 219 g/mol. The molecule has 0 radical (unpaired) electrons. The van der Waals surface area contributed by atoms with E-state index in [-0.39, 0.29) is 0 Å². The van der Waals surface area contributed by atoms with Crippen molar-refractivity contribution in [1.29, 1.82) is 0 Å². The number of H-pyrrole nitrogens is 1. The zero-order chi connectivity index (χ0) is 11.6. The van der Waals surface area contributed by atoms with Crippen molar-refractivity contribution in [3.63, 3.8) is 0 Å². The number of aromatic nitrogens is 2. The molecule has 0 saturated heterocycles. The molecule has 0 unspecified atom stereocenters. The summed E-state index contributed by atoms with van der Waals surface area (Å²) in [6.07, 6.45) is -4.31. The highest BCUT2D eigenvalue weighted by Crippen LogP contribution is 2.19. The van der Waals surface area contributed by atoms with Crippen LogP contribution in [0.1, 0.15) is 10.5 Å². The van der Waals surface area contributed by atoms with Crippen LogP contribution in [0.4, 0.5) is 18.9 Å². The number of hydrogen-bond acceptors (Lipinski definition) is 3. The summed E-state index contributed by atoms with van der Waals surface area (Å²) in [6.45, 7) is 0. The first-order chi connectivity index (χ1) is 6.82. The number of halogens is 3. The van der Waals surface area contributed by atoms with Crippen LogP contribution in [-0.2, 0) is 4.79 Å². The van der Waals surface area contributed by atoms with Gasteiger partial charge in [-0.1, -0.05) is 0 Å². The van der Waals surface area contributed by atoms with Crippen molar-refractivity contribution >= 4 is 17.6 Å². The van der Waals surface area contributed by atoms with Gasteiger partial charge in [0, 0.05) is 0 Å². The molecule has 0 aliphatic heterocycles. The highest BCUT2D eigenvalue weighted by atomic mass is 19.4. The van der Waals surface area contributed by atoms with Gasteiger partial charge in [-0.15, -0.1) is 0 Å². The summed E-state index contributed by atoms with van der Waals surface area (Å²) in [4.78, 5) is 20.8. The normalized spacial score (nSPS) is 11.1. The minimum absolute atomic E-state index is 0.537. The number of aromatic carboxylic acids is 1. The number of rotatable bonds is 2. The van der Waals surface area contributed by atoms with Crippen LogP contribution in [0.5, 0.6) is 0 Å². The van der Waals surface area contributed by atoms with E-state index < -0.39 is 29.4 Å². The lowest BCUT2D eigenvalue weighted by Gasteiger charge is -2.05. The number of hydrogen-bond donors (Lipinski definition) is 3. The van der Waals surface area contributed by atoms with Gasteiger partial charge in [0.1, 0.15) is 0 Å². The number of carbonyl (C=O) groups excluding carboxylic acids is 1. The standard InChI is InChI=1S/C6H4F3N3O3/c7-6(8,9)5(15)11-2-1-10-12-3(2)4(13)14/h1H,(H,10,12)(H,11,15)(H,13,14). The number of anilines is 1. The van der Waals surface area contributed by atoms with E-state index in [4.69, 9.17) is 5.11 Å². The van der Waals surface area contributed by atoms with Gasteiger partial charge in [-0.3, -0.25) is 9.89 Å². The molecule has 3 N–H and O–H groups in total. The maximum absolute atomic E-state index is 11.8. The average Bonchev–Trinajstić information content (AvgIpc) is 2.50. The van der Waals surface area contributed by atoms with Crippen molar-refractivity contribution in [3.8, 4) is 0 Å². The molecule has 1 amide bonds. The lowest BCUT2D eigenvalue weighted by atomic mass is 10.3. The molecule has 0 fully saturated rings. The Kier molecular flexibility index (Phi) is 2.64. The Balaban J connectivity index is 2.86. The van der Waals surface area contributed by atoms with E-state index >= 15 is 0 Å². The molecule has 82 valence electrons. The molecule has 0 aromatic carbocycles. The van der Waals surface area contributed by atoms with Gasteiger partial charge >= 0.3 is 18.1 Å². The van der Waals surface area contributed by atoms with E-state index in [0.29, 0.717) is 0 Å². The van der Waals surface area contributed by atoms with E-state index in [1.807, 2.05) is 5.10 Å². The number of carboxylic acids is 1. The van der Waals surface area contributed by atoms with Gasteiger partial charge < -0.3 is 10.4 Å². The number of nitrogens with one attached hydrogen (secondary N) is 2. The Morgan fingerprint density at radius 3 is 2.53 bits per heavy atom. The van der Waals surface area contributed by atoms with E-state index in [0.717, 1.165) is 6.20 Å². The SMILES string of the molecule is O=C(O)c1[nH]ncc1NC(=O)C(F)(F)F. The second-order valence-electron chi connectivity index (χ2n) is 2.42. The van der Waals surface area contributed by atoms with Gasteiger partial charge in [0.05, 0.1) is 11.9 Å². The van der Waals surface area contributed by atoms with E-state index in [2.05, 4.69) is 5.10 Å². The number of aromatic amines is 1. The molecule has 1 aromatic heterocycles. The molecule has 0 bridgehead atoms. The van der Waals surface area contributed by atoms with E-state index in [1.165, 1.54) is 5.32 Å². The number of nitrogens with zero attached hydrogens (tertiary/aromatic N) is 1. The van der Waals surface area contributed by atoms with Crippen LogP contribution in [-0.4, -0.2) is 33.4 Å². The van der Waals surface area contributed by atoms with E-state index in [1.54, 1.807) is 0 Å². The summed E-state index contributed by atoms with van der Waals surface area (Å²) in [7, 11) is 0. The number of carbonyl (C=O) groups is 2. The Hall–Kier alpha value is -2.06. The molecule has 0 saturated carbocycles. The summed E-state index contributed by atoms with van der Waals surface area (Å²) in [6, 6.07) is 0. The summed E-state index contributed by atoms with van der Waals surface area (Å²) < 4.78 is 35.4. The molecule has 15 heavy (non-hydrogen) atoms. The maximum Gasteiger partial charge on any atom is 0.471 e. The molecule has 9 heteroatoms. The van der Waals surface area contributed by atoms with Gasteiger partial charge in [-0.05, 0) is 0 Å². The molecule has 0 atom stereocenters. The van der Waals surface area contributed by atoms with Gasteiger partial charge in [0.25, 0.3) is 0 Å². The Labute approximate surface area is 80.1 Å². The molecule has 0 aliphatic carbocycles. The zero-order valence-corrected chi connectivity index (χ0v) is 6.92. The first-order valence-electron chi connectivity index (χ1n) is 3.47. The Bertz CT molecular complexity index is 398. The topological polar surface area (TPSA) is 95.1 Å². The first kappa shape index (κ1) is 11.0. The smallest absolute Gasteiger partial charge is 0.471 e. The predicted octanol–water partition coefficient (Wildman–Crippen LogP) is 0.609. The minimum Gasteiger partial charge on any atom is -0.476 e. The van der Waals surface area contributed by atoms with Crippen LogP contribution < -0.4 is 5.32 Å². The minimum atomic E-state index is -5.08. The number of carboxylic acid groups (broad SMARTS) is 1. The zero-order valence-electron chi connectivity index (χ0n) is 6.92. The van der Waals surface area contributed by atoms with Crippen molar-refractivity contribution in [2.75, 3.05) is 5.32 Å². The summed E-state index contributed by atoms with van der Waals surface area (Å²) in [5.74, 6) is -3.78. The van der Waals surface area contributed by atoms with Crippen molar-refractivity contribution in [2.24, 2.45) is 0 Å². The fraction of sp³-hybridized carbons (Fsp3) is 0.167. The van der Waals surface area contributed by atoms with Crippen LogP contribution in [0.2, 0.25) is 0 Å². The Morgan fingerprint density at radius 1 is 1.47 bits per heavy atom. The van der Waals surface area contributed by atoms with Crippen LogP contribution in [0, 0.1) is 0 Å². The molecular formula is C6H4F3N3O3. The molecule has 1 rings (SSSR count). The van der Waals surface area contributed by atoms with Crippen LogP contribution in [0.15, 0.2) is 6.20 Å². The number of alkyl halides is 3. The molecule has 1 heterocycles. The van der Waals surface area contributed by atoms with Gasteiger partial charge in [-0.25, -0.2) is 4.79 Å². The fourth-order valence-corrected chi connectivity index (χ4v) is 0.737. The summed E-state index contributed by atoms with van der Waals surface area (Å²) >= 11 is 0. The van der Waals surface area contributed by atoms with Crippen LogP contribution in [0.25, 0.3) is 0 Å². The first-order valence-corrected chi connectivity index (χ1v) is 3.47. The molecule has 1 aromatic rings.